The molecule has 3 rings (SSSR count). The molecule has 0 fully saturated rings. The van der Waals surface area contributed by atoms with Gasteiger partial charge in [0.2, 0.25) is 0 Å². The smallest absolute Gasteiger partial charge is 1.00 e. The van der Waals surface area contributed by atoms with E-state index in [2.05, 4.69) is 11.7 Å². The number of nitriles is 1. The molecule has 0 spiro atoms. The van der Waals surface area contributed by atoms with Gasteiger partial charge in [-0.15, -0.1) is 0 Å². The van der Waals surface area contributed by atoms with E-state index in [1.54, 1.807) is 0 Å². The molecule has 0 aliphatic heterocycles. The molecule has 3 aromatic rings. The molecule has 2 heterocycles. The molecule has 0 aliphatic rings. The van der Waals surface area contributed by atoms with E-state index in [-0.39, 0.29) is 32.7 Å². The summed E-state index contributed by atoms with van der Waals surface area (Å²) in [6.07, 6.45) is 7.87. The number of pyridine rings is 2. The number of rotatable bonds is 3. The fourth-order valence-electron chi connectivity index (χ4n) is 2.36. The average molecular weight is 402 g/mol. The van der Waals surface area contributed by atoms with Crippen LogP contribution in [-0.4, -0.2) is 0 Å². The van der Waals surface area contributed by atoms with Crippen LogP contribution in [0.4, 0.5) is 0 Å². The van der Waals surface area contributed by atoms with Gasteiger partial charge in [-0.25, -0.2) is 0 Å². The Morgan fingerprint density at radius 1 is 0.846 bits per heavy atom. The maximum absolute atomic E-state index is 10.4. The Morgan fingerprint density at radius 3 is 1.88 bits per heavy atom. The summed E-state index contributed by atoms with van der Waals surface area (Å²) in [6.45, 7) is 0.499. The van der Waals surface area contributed by atoms with E-state index in [1.165, 1.54) is 0 Å². The van der Waals surface area contributed by atoms with Gasteiger partial charge in [-0.3, -0.25) is 0 Å². The summed E-state index contributed by atoms with van der Waals surface area (Å²) >= 11 is 0. The average Bonchev–Trinajstić information content (AvgIpc) is 2.67. The summed E-state index contributed by atoms with van der Waals surface area (Å²) in [7, 11) is -0.0735. The van der Waals surface area contributed by atoms with Crippen molar-refractivity contribution in [3.05, 3.63) is 78.9 Å². The minimum Gasteiger partial charge on any atom is -1.00 e. The quantitative estimate of drug-likeness (QED) is 0.348. The monoisotopic (exact) mass is 401 g/mol. The first-order valence-electron chi connectivity index (χ1n) is 7.37. The zero-order valence-electron chi connectivity index (χ0n) is 13.6. The molecule has 0 bridgehead atoms. The van der Waals surface area contributed by atoms with E-state index in [0.29, 0.717) is 12.1 Å². The number of aromatic nitrogens is 2. The van der Waals surface area contributed by atoms with Gasteiger partial charge in [0.05, 0.1) is 11.6 Å². The van der Waals surface area contributed by atoms with Crippen LogP contribution in [0, 0.1) is 17.0 Å². The normalized spacial score (nSPS) is 9.04. The van der Waals surface area contributed by atoms with Crippen LogP contribution < -0.4 is 33.9 Å². The minimum absolute atomic E-state index is 0. The van der Waals surface area contributed by atoms with Crippen LogP contribution in [0.2, 0.25) is 0 Å². The Morgan fingerprint density at radius 2 is 1.38 bits per heavy atom. The van der Waals surface area contributed by atoms with Gasteiger partial charge in [-0.05, 0) is 12.1 Å². The van der Waals surface area contributed by atoms with E-state index in [1.807, 2.05) is 82.5 Å². The van der Waals surface area contributed by atoms with Crippen LogP contribution in [0.25, 0.3) is 16.8 Å². The van der Waals surface area contributed by atoms with Gasteiger partial charge in [0.25, 0.3) is 0 Å². The predicted molar refractivity (Wildman–Crippen MR) is 89.8 cm³/mol. The van der Waals surface area contributed by atoms with Gasteiger partial charge < -0.3 is 24.8 Å². The summed E-state index contributed by atoms with van der Waals surface area (Å²) in [6, 6.07) is 17.7. The van der Waals surface area contributed by atoms with Crippen molar-refractivity contribution in [3.8, 4) is 28.5 Å². The number of hydrogen-bond donors (Lipinski definition) is 0. The molecule has 2 aromatic heterocycles. The Hall–Kier alpha value is -2.40. The van der Waals surface area contributed by atoms with E-state index in [9.17, 15) is 4.57 Å². The van der Waals surface area contributed by atoms with Crippen molar-refractivity contribution < 1.29 is 38.5 Å². The number of benzene rings is 1. The summed E-state index contributed by atoms with van der Waals surface area (Å²) in [5, 5.41) is 8.85. The van der Waals surface area contributed by atoms with Crippen LogP contribution in [0.3, 0.4) is 0 Å². The van der Waals surface area contributed by atoms with E-state index < -0.39 is 0 Å². The van der Waals surface area contributed by atoms with Gasteiger partial charge in [-0.1, -0.05) is 0 Å². The number of halogens is 2. The summed E-state index contributed by atoms with van der Waals surface area (Å²) in [4.78, 5) is 0. The Labute approximate surface area is 165 Å². The third-order valence-electron chi connectivity index (χ3n) is 3.67. The molecule has 0 saturated carbocycles. The van der Waals surface area contributed by atoms with Gasteiger partial charge in [0.1, 0.15) is 0 Å². The Kier molecular flexibility index (Phi) is 8.79. The van der Waals surface area contributed by atoms with Gasteiger partial charge in [-0.2, -0.15) is 5.26 Å². The zero-order chi connectivity index (χ0) is 16.8. The molecule has 1 aromatic carbocycles. The summed E-state index contributed by atoms with van der Waals surface area (Å²) in [5.41, 5.74) is 6.60. The molecule has 26 heavy (non-hydrogen) atoms. The van der Waals surface area contributed by atoms with Crippen molar-refractivity contribution in [2.75, 3.05) is 0 Å². The Balaban J connectivity index is 0.00000169. The first-order chi connectivity index (χ1) is 11.8. The Bertz CT molecular complexity index is 994. The first-order valence-corrected chi connectivity index (χ1v) is 8.18. The third kappa shape index (κ3) is 5.30. The topological polar surface area (TPSA) is 48.6 Å². The summed E-state index contributed by atoms with van der Waals surface area (Å²) in [5.74, 6) is 0. The zero-order valence-corrected chi connectivity index (χ0v) is 16.0. The fraction of sp³-hybridized carbons (Fsp3) is 0.0526. The van der Waals surface area contributed by atoms with E-state index in [4.69, 9.17) is 5.26 Å². The maximum atomic E-state index is 10.4. The second kappa shape index (κ2) is 10.6. The van der Waals surface area contributed by atoms with Crippen LogP contribution in [0.1, 0.15) is 5.56 Å². The predicted octanol–water partition coefficient (Wildman–Crippen LogP) is -2.95. The molecule has 0 atom stereocenters. The molecule has 0 radical (unpaired) electrons. The molecule has 0 amide bonds. The van der Waals surface area contributed by atoms with Crippen molar-refractivity contribution in [2.24, 2.45) is 0 Å². The molecule has 7 heteroatoms. The van der Waals surface area contributed by atoms with E-state index >= 15 is 0 Å². The summed E-state index contributed by atoms with van der Waals surface area (Å²) < 4.78 is 14.3. The van der Waals surface area contributed by atoms with Gasteiger partial charge in [0.15, 0.2) is 0 Å². The van der Waals surface area contributed by atoms with Gasteiger partial charge in [0, 0.05) is 0 Å². The van der Waals surface area contributed by atoms with E-state index in [0.717, 1.165) is 16.8 Å². The third-order valence-corrected chi connectivity index (χ3v) is 3.94. The minimum atomic E-state index is -0.0735. The molecule has 4 nitrogen and oxygen atoms in total. The van der Waals surface area contributed by atoms with Gasteiger partial charge >= 0.3 is 112 Å². The van der Waals surface area contributed by atoms with Crippen LogP contribution in [-0.2, 0) is 11.1 Å². The van der Waals surface area contributed by atoms with Crippen LogP contribution in [0.5, 0.6) is 0 Å². The van der Waals surface area contributed by atoms with Crippen molar-refractivity contribution in [2.45, 2.75) is 6.54 Å². The second-order valence-electron chi connectivity index (χ2n) is 5.16. The van der Waals surface area contributed by atoms with Crippen molar-refractivity contribution in [1.82, 2.24) is 0 Å². The molecular formula is C19H14Cl2N3OP. The fourth-order valence-corrected chi connectivity index (χ4v) is 2.59. The van der Waals surface area contributed by atoms with Crippen molar-refractivity contribution >= 4 is 7.92 Å². The molecule has 0 saturated heterocycles. The van der Waals surface area contributed by atoms with Crippen molar-refractivity contribution in [3.63, 3.8) is 0 Å². The molecule has 0 N–H and O–H groups in total. The number of hydrogen-bond acceptors (Lipinski definition) is 2. The van der Waals surface area contributed by atoms with Crippen LogP contribution in [0.15, 0.2) is 73.3 Å². The molecule has 0 unspecified atom stereocenters. The number of nitrogens with zero attached hydrogens (tertiary/aromatic N) is 3. The first kappa shape index (κ1) is 21.6. The molecule has 0 aliphatic carbocycles. The van der Waals surface area contributed by atoms with Crippen LogP contribution >= 0.6 is 7.92 Å². The molecular weight excluding hydrogens is 388 g/mol. The second-order valence-corrected chi connectivity index (χ2v) is 5.66. The van der Waals surface area contributed by atoms with Crippen molar-refractivity contribution in [1.29, 1.82) is 5.26 Å². The standard InChI is InChI=1S/C19H14N3OP.2ClH/c20-15-16-1-3-19(4-2-16)22-11-7-18(8-12-22)17-5-9-21(10-6-17)13-14-24-23;;/h1-12H,13H2;2*1H/q+2;;/p-2. The SMILES string of the molecule is N#Cc1ccc(-[n+]2ccc(-c3cc[n+](CC#P=O)cc3)cc2)cc1.[Cl-].[Cl-]. The molecule has 130 valence electrons.